The number of sulfonamides is 1. The van der Waals surface area contributed by atoms with Gasteiger partial charge in [0.2, 0.25) is 10.0 Å². The summed E-state index contributed by atoms with van der Waals surface area (Å²) >= 11 is 0. The minimum Gasteiger partial charge on any atom is -0.395 e. The largest absolute Gasteiger partial charge is 0.395 e. The van der Waals surface area contributed by atoms with Crippen molar-refractivity contribution in [1.29, 1.82) is 0 Å². The maximum absolute atomic E-state index is 11.7. The van der Waals surface area contributed by atoms with Crippen LogP contribution in [0.2, 0.25) is 0 Å². The van der Waals surface area contributed by atoms with E-state index in [-0.39, 0.29) is 32.1 Å². The van der Waals surface area contributed by atoms with E-state index in [2.05, 4.69) is 0 Å². The van der Waals surface area contributed by atoms with E-state index in [1.165, 1.54) is 0 Å². The highest BCUT2D eigenvalue weighted by molar-refractivity contribution is 7.89. The van der Waals surface area contributed by atoms with Crippen molar-refractivity contribution in [3.8, 4) is 0 Å². The number of hydrogen-bond donors (Lipinski definition) is 2. The van der Waals surface area contributed by atoms with E-state index >= 15 is 0 Å². The van der Waals surface area contributed by atoms with Gasteiger partial charge in [-0.1, -0.05) is 13.8 Å². The van der Waals surface area contributed by atoms with Gasteiger partial charge in [-0.25, -0.2) is 8.42 Å². The predicted molar refractivity (Wildman–Crippen MR) is 59.0 cm³/mol. The molecule has 0 rings (SSSR count). The van der Waals surface area contributed by atoms with Gasteiger partial charge in [-0.2, -0.15) is 4.31 Å². The molecule has 0 radical (unpaired) electrons. The minimum atomic E-state index is -3.33. The molecular formula is C9H21NO4S. The van der Waals surface area contributed by atoms with Gasteiger partial charge in [-0.15, -0.1) is 0 Å². The molecule has 0 spiro atoms. The van der Waals surface area contributed by atoms with Crippen molar-refractivity contribution in [2.75, 3.05) is 32.1 Å². The van der Waals surface area contributed by atoms with Crippen molar-refractivity contribution in [1.82, 2.24) is 4.31 Å². The molecule has 15 heavy (non-hydrogen) atoms. The molecule has 0 amide bonds. The van der Waals surface area contributed by atoms with Crippen LogP contribution in [0, 0.1) is 5.92 Å². The molecular weight excluding hydrogens is 218 g/mol. The summed E-state index contributed by atoms with van der Waals surface area (Å²) in [5.41, 5.74) is 0. The number of nitrogens with zero attached hydrogens (tertiary/aromatic N) is 1. The van der Waals surface area contributed by atoms with Crippen molar-refractivity contribution in [2.24, 2.45) is 5.92 Å². The predicted octanol–water partition coefficient (Wildman–Crippen LogP) is -0.351. The van der Waals surface area contributed by atoms with E-state index < -0.39 is 10.0 Å². The molecule has 0 saturated carbocycles. The van der Waals surface area contributed by atoms with Crippen LogP contribution in [-0.2, 0) is 10.0 Å². The SMILES string of the molecule is CC(C)CCS(=O)(=O)N(CCO)CCO. The quantitative estimate of drug-likeness (QED) is 0.607. The van der Waals surface area contributed by atoms with E-state index in [9.17, 15) is 8.42 Å². The lowest BCUT2D eigenvalue weighted by Crippen LogP contribution is -2.37. The van der Waals surface area contributed by atoms with E-state index in [0.29, 0.717) is 12.3 Å². The van der Waals surface area contributed by atoms with Gasteiger partial charge < -0.3 is 10.2 Å². The fourth-order valence-corrected chi connectivity index (χ4v) is 2.87. The molecule has 0 aromatic carbocycles. The molecule has 0 aromatic heterocycles. The Morgan fingerprint density at radius 3 is 1.93 bits per heavy atom. The Hall–Kier alpha value is -0.170. The molecule has 0 unspecified atom stereocenters. The molecule has 0 aliphatic carbocycles. The molecule has 0 atom stereocenters. The first kappa shape index (κ1) is 14.8. The summed E-state index contributed by atoms with van der Waals surface area (Å²) in [5, 5.41) is 17.4. The topological polar surface area (TPSA) is 77.8 Å². The first-order valence-electron chi connectivity index (χ1n) is 5.13. The van der Waals surface area contributed by atoms with Crippen molar-refractivity contribution < 1.29 is 18.6 Å². The first-order valence-corrected chi connectivity index (χ1v) is 6.74. The molecule has 0 heterocycles. The Bertz CT molecular complexity index is 245. The Balaban J connectivity index is 4.35. The van der Waals surface area contributed by atoms with Crippen LogP contribution in [0.5, 0.6) is 0 Å². The second-order valence-corrected chi connectivity index (χ2v) is 5.93. The summed E-state index contributed by atoms with van der Waals surface area (Å²) in [4.78, 5) is 0. The summed E-state index contributed by atoms with van der Waals surface area (Å²) in [6.45, 7) is 3.58. The molecule has 5 nitrogen and oxygen atoms in total. The van der Waals surface area contributed by atoms with E-state index in [4.69, 9.17) is 10.2 Å². The van der Waals surface area contributed by atoms with Crippen LogP contribution in [0.1, 0.15) is 20.3 Å². The van der Waals surface area contributed by atoms with Gasteiger partial charge in [0.15, 0.2) is 0 Å². The summed E-state index contributed by atoms with van der Waals surface area (Å²) < 4.78 is 24.6. The highest BCUT2D eigenvalue weighted by atomic mass is 32.2. The maximum atomic E-state index is 11.7. The average molecular weight is 239 g/mol. The fourth-order valence-electron chi connectivity index (χ4n) is 1.13. The monoisotopic (exact) mass is 239 g/mol. The van der Waals surface area contributed by atoms with Crippen LogP contribution in [0.15, 0.2) is 0 Å². The van der Waals surface area contributed by atoms with E-state index in [1.54, 1.807) is 0 Å². The molecule has 0 fully saturated rings. The third kappa shape index (κ3) is 6.09. The summed E-state index contributed by atoms with van der Waals surface area (Å²) in [5.74, 6) is 0.398. The number of aliphatic hydroxyl groups is 2. The van der Waals surface area contributed by atoms with Gasteiger partial charge >= 0.3 is 0 Å². The van der Waals surface area contributed by atoms with Crippen molar-refractivity contribution in [3.63, 3.8) is 0 Å². The van der Waals surface area contributed by atoms with Crippen LogP contribution in [0.3, 0.4) is 0 Å². The third-order valence-corrected chi connectivity index (χ3v) is 3.95. The molecule has 0 saturated heterocycles. The molecule has 92 valence electrons. The summed E-state index contributed by atoms with van der Waals surface area (Å²) in [6, 6.07) is 0. The fraction of sp³-hybridized carbons (Fsp3) is 1.00. The van der Waals surface area contributed by atoms with Gasteiger partial charge in [0.05, 0.1) is 19.0 Å². The molecule has 2 N–H and O–H groups in total. The lowest BCUT2D eigenvalue weighted by atomic mass is 10.2. The summed E-state index contributed by atoms with van der Waals surface area (Å²) in [6.07, 6.45) is 0.593. The van der Waals surface area contributed by atoms with Gasteiger partial charge in [-0.3, -0.25) is 0 Å². The lowest BCUT2D eigenvalue weighted by Gasteiger charge is -2.20. The zero-order valence-corrected chi connectivity index (χ0v) is 10.2. The molecule has 0 aromatic rings. The summed E-state index contributed by atoms with van der Waals surface area (Å²) in [7, 11) is -3.33. The highest BCUT2D eigenvalue weighted by Crippen LogP contribution is 2.07. The Morgan fingerprint density at radius 2 is 1.60 bits per heavy atom. The van der Waals surface area contributed by atoms with E-state index in [0.717, 1.165) is 4.31 Å². The second kappa shape index (κ2) is 7.16. The van der Waals surface area contributed by atoms with Crippen LogP contribution in [0.25, 0.3) is 0 Å². The highest BCUT2D eigenvalue weighted by Gasteiger charge is 2.20. The molecule has 0 aliphatic rings. The van der Waals surface area contributed by atoms with Gasteiger partial charge in [0.25, 0.3) is 0 Å². The van der Waals surface area contributed by atoms with Crippen LogP contribution >= 0.6 is 0 Å². The number of rotatable bonds is 8. The number of aliphatic hydroxyl groups excluding tert-OH is 2. The smallest absolute Gasteiger partial charge is 0.214 e. The Morgan fingerprint density at radius 1 is 1.13 bits per heavy atom. The Labute approximate surface area is 91.8 Å². The van der Waals surface area contributed by atoms with Crippen LogP contribution in [-0.4, -0.2) is 55.0 Å². The van der Waals surface area contributed by atoms with Gasteiger partial charge in [0, 0.05) is 13.1 Å². The van der Waals surface area contributed by atoms with Gasteiger partial charge in [0.1, 0.15) is 0 Å². The lowest BCUT2D eigenvalue weighted by molar-refractivity contribution is 0.217. The zero-order chi connectivity index (χ0) is 11.9. The standard InChI is InChI=1S/C9H21NO4S/c1-9(2)3-8-15(13,14)10(4-6-11)5-7-12/h9,11-12H,3-8H2,1-2H3. The van der Waals surface area contributed by atoms with Crippen LogP contribution < -0.4 is 0 Å². The zero-order valence-electron chi connectivity index (χ0n) is 9.39. The van der Waals surface area contributed by atoms with Crippen molar-refractivity contribution >= 4 is 10.0 Å². The van der Waals surface area contributed by atoms with Gasteiger partial charge in [-0.05, 0) is 12.3 Å². The third-order valence-electron chi connectivity index (χ3n) is 2.05. The first-order chi connectivity index (χ1) is 6.94. The molecule has 0 aliphatic heterocycles. The minimum absolute atomic E-state index is 0.0565. The average Bonchev–Trinajstić information content (AvgIpc) is 2.15. The molecule has 0 bridgehead atoms. The normalized spacial score (nSPS) is 12.7. The van der Waals surface area contributed by atoms with Crippen molar-refractivity contribution in [2.45, 2.75) is 20.3 Å². The van der Waals surface area contributed by atoms with Crippen molar-refractivity contribution in [3.05, 3.63) is 0 Å². The van der Waals surface area contributed by atoms with Crippen LogP contribution in [0.4, 0.5) is 0 Å². The molecule has 6 heteroatoms. The van der Waals surface area contributed by atoms with E-state index in [1.807, 2.05) is 13.8 Å². The maximum Gasteiger partial charge on any atom is 0.214 e. The number of hydrogen-bond acceptors (Lipinski definition) is 4. The second-order valence-electron chi connectivity index (χ2n) is 3.84. The Kier molecular flexibility index (Phi) is 7.08.